The van der Waals surface area contributed by atoms with Crippen LogP contribution in [0.2, 0.25) is 0 Å². The average Bonchev–Trinajstić information content (AvgIpc) is 2.53. The summed E-state index contributed by atoms with van der Waals surface area (Å²) in [7, 11) is 1.59. The number of rotatable bonds is 5. The third-order valence-corrected chi connectivity index (χ3v) is 2.89. The zero-order valence-corrected chi connectivity index (χ0v) is 11.4. The largest absolute Gasteiger partial charge is 0.497 e. The van der Waals surface area contributed by atoms with E-state index in [1.54, 1.807) is 19.2 Å². The Hall–Kier alpha value is -2.76. The maximum absolute atomic E-state index is 13.8. The molecule has 2 aromatic rings. The summed E-state index contributed by atoms with van der Waals surface area (Å²) in [5.41, 5.74) is 6.56. The highest BCUT2D eigenvalue weighted by Gasteiger charge is 2.07. The van der Waals surface area contributed by atoms with Gasteiger partial charge in [-0.1, -0.05) is 17.3 Å². The molecule has 110 valence electrons. The van der Waals surface area contributed by atoms with Gasteiger partial charge in [-0.2, -0.15) is 0 Å². The van der Waals surface area contributed by atoms with E-state index in [0.29, 0.717) is 0 Å². The van der Waals surface area contributed by atoms with Crippen LogP contribution in [0.3, 0.4) is 0 Å². The lowest BCUT2D eigenvalue weighted by Gasteiger charge is -2.09. The Morgan fingerprint density at radius 3 is 2.52 bits per heavy atom. The van der Waals surface area contributed by atoms with Crippen LogP contribution in [0.25, 0.3) is 0 Å². The number of hydrogen-bond donors (Lipinski definition) is 2. The summed E-state index contributed by atoms with van der Waals surface area (Å²) in [6.07, 6.45) is 0. The minimum atomic E-state index is -0.576. The molecule has 0 atom stereocenters. The minimum Gasteiger partial charge on any atom is -0.497 e. The summed E-state index contributed by atoms with van der Waals surface area (Å²) in [6.45, 7) is 0.226. The normalized spacial score (nSPS) is 11.2. The molecule has 0 saturated carbocycles. The first-order valence-electron chi connectivity index (χ1n) is 6.17. The van der Waals surface area contributed by atoms with Crippen LogP contribution >= 0.6 is 0 Å². The van der Waals surface area contributed by atoms with E-state index < -0.39 is 5.82 Å². The first-order valence-corrected chi connectivity index (χ1v) is 6.17. The SMILES string of the molecule is COc1ccc(COc2ccc(/C(N)=N/O)cc2F)cc1. The van der Waals surface area contributed by atoms with Crippen molar-refractivity contribution in [1.82, 2.24) is 0 Å². The fourth-order valence-corrected chi connectivity index (χ4v) is 1.72. The maximum Gasteiger partial charge on any atom is 0.170 e. The average molecular weight is 290 g/mol. The Morgan fingerprint density at radius 2 is 1.95 bits per heavy atom. The van der Waals surface area contributed by atoms with Gasteiger partial charge in [0.2, 0.25) is 0 Å². The molecule has 21 heavy (non-hydrogen) atoms. The number of oxime groups is 1. The molecule has 2 aromatic carbocycles. The molecule has 0 aliphatic heterocycles. The van der Waals surface area contributed by atoms with Crippen LogP contribution in [0.4, 0.5) is 4.39 Å². The van der Waals surface area contributed by atoms with Crippen LogP contribution in [0.1, 0.15) is 11.1 Å². The van der Waals surface area contributed by atoms with E-state index in [-0.39, 0.29) is 23.8 Å². The van der Waals surface area contributed by atoms with Gasteiger partial charge in [0.25, 0.3) is 0 Å². The Balaban J connectivity index is 2.05. The van der Waals surface area contributed by atoms with Crippen LogP contribution in [-0.4, -0.2) is 18.2 Å². The van der Waals surface area contributed by atoms with E-state index in [9.17, 15) is 4.39 Å². The first-order chi connectivity index (χ1) is 10.1. The van der Waals surface area contributed by atoms with E-state index in [1.807, 2.05) is 12.1 Å². The van der Waals surface area contributed by atoms with Gasteiger partial charge in [0, 0.05) is 5.56 Å². The number of hydrogen-bond acceptors (Lipinski definition) is 4. The second kappa shape index (κ2) is 6.60. The van der Waals surface area contributed by atoms with Gasteiger partial charge in [-0.25, -0.2) is 4.39 Å². The molecule has 2 rings (SSSR count). The van der Waals surface area contributed by atoms with Crippen molar-refractivity contribution in [1.29, 1.82) is 0 Å². The van der Waals surface area contributed by atoms with Crippen molar-refractivity contribution in [3.8, 4) is 11.5 Å². The zero-order chi connectivity index (χ0) is 15.2. The summed E-state index contributed by atoms with van der Waals surface area (Å²) in [6, 6.07) is 11.4. The van der Waals surface area contributed by atoms with Crippen LogP contribution < -0.4 is 15.2 Å². The number of nitrogens with zero attached hydrogens (tertiary/aromatic N) is 1. The van der Waals surface area contributed by atoms with E-state index in [1.165, 1.54) is 12.1 Å². The molecular weight excluding hydrogens is 275 g/mol. The van der Waals surface area contributed by atoms with E-state index in [4.69, 9.17) is 20.4 Å². The molecule has 0 aromatic heterocycles. The van der Waals surface area contributed by atoms with Crippen molar-refractivity contribution < 1.29 is 19.1 Å². The van der Waals surface area contributed by atoms with Gasteiger partial charge in [0.1, 0.15) is 12.4 Å². The van der Waals surface area contributed by atoms with Crippen molar-refractivity contribution in [2.24, 2.45) is 10.9 Å². The predicted molar refractivity (Wildman–Crippen MR) is 76.2 cm³/mol. The number of halogens is 1. The maximum atomic E-state index is 13.8. The van der Waals surface area contributed by atoms with Gasteiger partial charge < -0.3 is 20.4 Å². The van der Waals surface area contributed by atoms with Gasteiger partial charge >= 0.3 is 0 Å². The zero-order valence-electron chi connectivity index (χ0n) is 11.4. The molecule has 0 unspecified atom stereocenters. The van der Waals surface area contributed by atoms with Gasteiger partial charge in [0.05, 0.1) is 7.11 Å². The summed E-state index contributed by atoms with van der Waals surface area (Å²) in [5, 5.41) is 11.4. The highest BCUT2D eigenvalue weighted by Crippen LogP contribution is 2.20. The van der Waals surface area contributed by atoms with Crippen molar-refractivity contribution in [2.75, 3.05) is 7.11 Å². The second-order valence-corrected chi connectivity index (χ2v) is 4.27. The molecule has 6 heteroatoms. The summed E-state index contributed by atoms with van der Waals surface area (Å²) >= 11 is 0. The molecule has 0 aliphatic rings. The van der Waals surface area contributed by atoms with Crippen LogP contribution in [0.5, 0.6) is 11.5 Å². The fourth-order valence-electron chi connectivity index (χ4n) is 1.72. The quantitative estimate of drug-likeness (QED) is 0.384. The molecular formula is C15H15FN2O3. The van der Waals surface area contributed by atoms with Gasteiger partial charge in [-0.15, -0.1) is 0 Å². The van der Waals surface area contributed by atoms with Gasteiger partial charge in [-0.3, -0.25) is 0 Å². The number of benzene rings is 2. The molecule has 0 radical (unpaired) electrons. The third kappa shape index (κ3) is 3.62. The number of amidine groups is 1. The van der Waals surface area contributed by atoms with E-state index >= 15 is 0 Å². The number of methoxy groups -OCH3 is 1. The molecule has 5 nitrogen and oxygen atoms in total. The monoisotopic (exact) mass is 290 g/mol. The van der Waals surface area contributed by atoms with E-state index in [2.05, 4.69) is 5.16 Å². The standard InChI is InChI=1S/C15H15FN2O3/c1-20-12-5-2-10(3-6-12)9-21-14-7-4-11(8-13(14)16)15(17)18-19/h2-8,19H,9H2,1H3,(H2,17,18). The smallest absolute Gasteiger partial charge is 0.170 e. The van der Waals surface area contributed by atoms with Crippen LogP contribution in [0.15, 0.2) is 47.6 Å². The molecule has 0 amide bonds. The highest BCUT2D eigenvalue weighted by molar-refractivity contribution is 5.97. The first kappa shape index (κ1) is 14.6. The van der Waals surface area contributed by atoms with Crippen molar-refractivity contribution >= 4 is 5.84 Å². The number of ether oxygens (including phenoxy) is 2. The van der Waals surface area contributed by atoms with Crippen molar-refractivity contribution in [3.05, 3.63) is 59.4 Å². The molecule has 3 N–H and O–H groups in total. The molecule has 0 aliphatic carbocycles. The summed E-state index contributed by atoms with van der Waals surface area (Å²) < 4.78 is 24.3. The van der Waals surface area contributed by atoms with Crippen molar-refractivity contribution in [3.63, 3.8) is 0 Å². The minimum absolute atomic E-state index is 0.0975. The lowest BCUT2D eigenvalue weighted by atomic mass is 10.2. The molecule has 0 saturated heterocycles. The van der Waals surface area contributed by atoms with Crippen LogP contribution in [0, 0.1) is 5.82 Å². The third-order valence-electron chi connectivity index (χ3n) is 2.89. The Kier molecular flexibility index (Phi) is 4.61. The lowest BCUT2D eigenvalue weighted by Crippen LogP contribution is -2.13. The Labute approximate surface area is 121 Å². The summed E-state index contributed by atoms with van der Waals surface area (Å²) in [5.74, 6) is 0.108. The van der Waals surface area contributed by atoms with E-state index in [0.717, 1.165) is 17.4 Å². The number of nitrogens with two attached hydrogens (primary N) is 1. The molecule has 0 bridgehead atoms. The van der Waals surface area contributed by atoms with Gasteiger partial charge in [0.15, 0.2) is 17.4 Å². The van der Waals surface area contributed by atoms with Crippen LogP contribution in [-0.2, 0) is 6.61 Å². The fraction of sp³-hybridized carbons (Fsp3) is 0.133. The highest BCUT2D eigenvalue weighted by atomic mass is 19.1. The predicted octanol–water partition coefficient (Wildman–Crippen LogP) is 2.51. The molecule has 0 spiro atoms. The topological polar surface area (TPSA) is 77.1 Å². The van der Waals surface area contributed by atoms with Gasteiger partial charge in [-0.05, 0) is 35.9 Å². The Morgan fingerprint density at radius 1 is 1.24 bits per heavy atom. The molecule has 0 heterocycles. The Bertz CT molecular complexity index is 642. The second-order valence-electron chi connectivity index (χ2n) is 4.27. The summed E-state index contributed by atoms with van der Waals surface area (Å²) in [4.78, 5) is 0. The van der Waals surface area contributed by atoms with Crippen molar-refractivity contribution in [2.45, 2.75) is 6.61 Å². The molecule has 0 fully saturated rings. The lowest BCUT2D eigenvalue weighted by molar-refractivity contribution is 0.290.